The molecule has 13 nitrogen and oxygen atoms in total. The Morgan fingerprint density at radius 2 is 1.73 bits per heavy atom. The highest BCUT2D eigenvalue weighted by molar-refractivity contribution is 7.90. The van der Waals surface area contributed by atoms with Crippen LogP contribution in [-0.2, 0) is 40.3 Å². The number of aryl methyl sites for hydroxylation is 1. The van der Waals surface area contributed by atoms with E-state index in [1.54, 1.807) is 25.3 Å². The fourth-order valence-corrected chi connectivity index (χ4v) is 7.60. The smallest absolute Gasteiger partial charge is 0.411 e. The number of methoxy groups -OCH3 is 1. The van der Waals surface area contributed by atoms with Gasteiger partial charge < -0.3 is 24.9 Å². The van der Waals surface area contributed by atoms with Gasteiger partial charge in [0.2, 0.25) is 5.91 Å². The molecule has 1 aromatic heterocycles. The van der Waals surface area contributed by atoms with Crippen molar-refractivity contribution in [2.45, 2.75) is 56.4 Å². The van der Waals surface area contributed by atoms with Crippen molar-refractivity contribution in [1.82, 2.24) is 20.3 Å². The maximum Gasteiger partial charge on any atom is 0.411 e. The molecule has 0 bridgehead atoms. The van der Waals surface area contributed by atoms with Crippen LogP contribution in [0.3, 0.4) is 0 Å². The van der Waals surface area contributed by atoms with Crippen molar-refractivity contribution in [1.29, 1.82) is 0 Å². The van der Waals surface area contributed by atoms with Gasteiger partial charge in [0.05, 0.1) is 18.4 Å². The number of carboxylic acids is 1. The molecule has 5 rings (SSSR count). The maximum absolute atomic E-state index is 14.6. The van der Waals surface area contributed by atoms with Crippen molar-refractivity contribution in [3.63, 3.8) is 0 Å². The number of hydrogen-bond acceptors (Lipinski definition) is 8. The van der Waals surface area contributed by atoms with Gasteiger partial charge in [-0.25, -0.2) is 17.9 Å². The Kier molecular flexibility index (Phi) is 10.2. The SMILES string of the molecule is COC1=CC(NC(=O)OC2CCCC2)=CC(C(=O)NCCC(=O)O)(C(=O)NS(=O)(=O)c2ccccc2C)C1Cc1c[nH]c2ccccc12. The molecule has 0 saturated heterocycles. The fraction of sp³-hybridized carbons (Fsp3) is 0.353. The summed E-state index contributed by atoms with van der Waals surface area (Å²) in [5.41, 5.74) is -0.560. The van der Waals surface area contributed by atoms with Gasteiger partial charge >= 0.3 is 12.1 Å². The van der Waals surface area contributed by atoms with Crippen LogP contribution in [0, 0.1) is 18.3 Å². The maximum atomic E-state index is 14.6. The Labute approximate surface area is 277 Å². The number of aliphatic carboxylic acids is 1. The van der Waals surface area contributed by atoms with E-state index in [4.69, 9.17) is 9.47 Å². The minimum Gasteiger partial charge on any atom is -0.501 e. The average molecular weight is 679 g/mol. The molecule has 2 aliphatic rings. The summed E-state index contributed by atoms with van der Waals surface area (Å²) in [7, 11) is -3.19. The normalized spacial score (nSPS) is 19.6. The van der Waals surface area contributed by atoms with E-state index in [1.165, 1.54) is 31.4 Å². The number of aromatic amines is 1. The van der Waals surface area contributed by atoms with Gasteiger partial charge in [0.25, 0.3) is 15.9 Å². The van der Waals surface area contributed by atoms with Crippen LogP contribution >= 0.6 is 0 Å². The second-order valence-electron chi connectivity index (χ2n) is 11.9. The van der Waals surface area contributed by atoms with Gasteiger partial charge in [0.15, 0.2) is 5.41 Å². The molecule has 1 heterocycles. The summed E-state index contributed by atoms with van der Waals surface area (Å²) in [5, 5.41) is 15.2. The van der Waals surface area contributed by atoms with E-state index < -0.39 is 51.7 Å². The Hall–Kier alpha value is -5.11. The van der Waals surface area contributed by atoms with E-state index in [1.807, 2.05) is 24.3 Å². The molecule has 0 spiro atoms. The van der Waals surface area contributed by atoms with Gasteiger partial charge in [0, 0.05) is 35.3 Å². The molecule has 3 aromatic rings. The average Bonchev–Trinajstić information content (AvgIpc) is 3.71. The highest BCUT2D eigenvalue weighted by Gasteiger charge is 2.55. The van der Waals surface area contributed by atoms with Gasteiger partial charge in [-0.15, -0.1) is 0 Å². The number of para-hydroxylation sites is 1. The third-order valence-corrected chi connectivity index (χ3v) is 10.2. The van der Waals surface area contributed by atoms with Gasteiger partial charge in [-0.2, -0.15) is 0 Å². The summed E-state index contributed by atoms with van der Waals surface area (Å²) in [6.07, 6.45) is 6.04. The van der Waals surface area contributed by atoms with Crippen molar-refractivity contribution >= 4 is 44.8 Å². The minimum absolute atomic E-state index is 0.00414. The van der Waals surface area contributed by atoms with Gasteiger partial charge in [-0.3, -0.25) is 19.7 Å². The number of ether oxygens (including phenoxy) is 2. The van der Waals surface area contributed by atoms with Crippen LogP contribution in [-0.4, -0.2) is 62.1 Å². The van der Waals surface area contributed by atoms with E-state index in [2.05, 4.69) is 20.3 Å². The molecule has 254 valence electrons. The number of rotatable bonds is 12. The Balaban J connectivity index is 1.63. The predicted molar refractivity (Wildman–Crippen MR) is 175 cm³/mol. The first-order valence-electron chi connectivity index (χ1n) is 15.6. The number of fused-ring (bicyclic) bond motifs is 1. The first-order chi connectivity index (χ1) is 22.9. The molecular formula is C34H38N4O9S. The number of allylic oxidation sites excluding steroid dienone is 2. The molecule has 2 aliphatic carbocycles. The van der Waals surface area contributed by atoms with E-state index in [0.29, 0.717) is 24.0 Å². The lowest BCUT2D eigenvalue weighted by Crippen LogP contribution is -2.58. The second-order valence-corrected chi connectivity index (χ2v) is 13.5. The van der Waals surface area contributed by atoms with Gasteiger partial charge in [0.1, 0.15) is 11.9 Å². The number of carbonyl (C=O) groups excluding carboxylic acids is 3. The highest BCUT2D eigenvalue weighted by atomic mass is 32.2. The monoisotopic (exact) mass is 678 g/mol. The van der Waals surface area contributed by atoms with Crippen LogP contribution in [0.15, 0.2) is 83.2 Å². The van der Waals surface area contributed by atoms with Crippen LogP contribution in [0.2, 0.25) is 0 Å². The van der Waals surface area contributed by atoms with Crippen LogP contribution in [0.5, 0.6) is 0 Å². The number of aromatic nitrogens is 1. The Morgan fingerprint density at radius 1 is 1.02 bits per heavy atom. The molecule has 14 heteroatoms. The third kappa shape index (κ3) is 7.23. The van der Waals surface area contributed by atoms with Crippen LogP contribution in [0.1, 0.15) is 43.2 Å². The van der Waals surface area contributed by atoms with E-state index >= 15 is 0 Å². The van der Waals surface area contributed by atoms with Crippen molar-refractivity contribution in [3.05, 3.63) is 89.5 Å². The largest absolute Gasteiger partial charge is 0.501 e. The van der Waals surface area contributed by atoms with E-state index in [9.17, 15) is 32.7 Å². The van der Waals surface area contributed by atoms with E-state index in [-0.39, 0.29) is 35.4 Å². The number of hydrogen-bond donors (Lipinski definition) is 5. The molecule has 0 radical (unpaired) electrons. The number of alkyl carbamates (subject to hydrolysis) is 1. The lowest BCUT2D eigenvalue weighted by atomic mass is 9.67. The molecule has 5 N–H and O–H groups in total. The first-order valence-corrected chi connectivity index (χ1v) is 17.1. The molecule has 1 fully saturated rings. The molecule has 48 heavy (non-hydrogen) atoms. The van der Waals surface area contributed by atoms with Crippen molar-refractivity contribution in [2.75, 3.05) is 13.7 Å². The summed E-state index contributed by atoms with van der Waals surface area (Å²) in [5.74, 6) is -4.47. The molecule has 0 aliphatic heterocycles. The van der Waals surface area contributed by atoms with Crippen LogP contribution < -0.4 is 15.4 Å². The summed E-state index contributed by atoms with van der Waals surface area (Å²) >= 11 is 0. The minimum atomic E-state index is -4.53. The summed E-state index contributed by atoms with van der Waals surface area (Å²) in [4.78, 5) is 56.3. The van der Waals surface area contributed by atoms with Crippen molar-refractivity contribution < 1.29 is 42.2 Å². The first kappa shape index (κ1) is 34.2. The second kappa shape index (κ2) is 14.3. The highest BCUT2D eigenvalue weighted by Crippen LogP contribution is 2.44. The Morgan fingerprint density at radius 3 is 2.44 bits per heavy atom. The van der Waals surface area contributed by atoms with E-state index in [0.717, 1.165) is 23.7 Å². The topological polar surface area (TPSA) is 193 Å². The van der Waals surface area contributed by atoms with Crippen LogP contribution in [0.25, 0.3) is 10.9 Å². The number of amides is 3. The number of carbonyl (C=O) groups is 4. The molecule has 2 aromatic carbocycles. The summed E-state index contributed by atoms with van der Waals surface area (Å²) in [6.45, 7) is 1.21. The zero-order valence-corrected chi connectivity index (χ0v) is 27.4. The number of benzene rings is 2. The summed E-state index contributed by atoms with van der Waals surface area (Å²) < 4.78 is 40.8. The zero-order chi connectivity index (χ0) is 34.5. The number of carboxylic acid groups (broad SMARTS) is 1. The van der Waals surface area contributed by atoms with Crippen molar-refractivity contribution in [2.24, 2.45) is 11.3 Å². The van der Waals surface area contributed by atoms with Gasteiger partial charge in [-0.05, 0) is 74.4 Å². The lowest BCUT2D eigenvalue weighted by Gasteiger charge is -2.39. The van der Waals surface area contributed by atoms with Crippen LogP contribution in [0.4, 0.5) is 4.79 Å². The predicted octanol–water partition coefficient (Wildman–Crippen LogP) is 3.81. The van der Waals surface area contributed by atoms with Gasteiger partial charge in [-0.1, -0.05) is 36.4 Å². The summed E-state index contributed by atoms with van der Waals surface area (Å²) in [6, 6.07) is 13.4. The molecule has 2 unspecified atom stereocenters. The molecule has 2 atom stereocenters. The molecule has 1 saturated carbocycles. The number of sulfonamides is 1. The Bertz CT molecular complexity index is 1890. The fourth-order valence-electron chi connectivity index (χ4n) is 6.33. The molecule has 3 amide bonds. The third-order valence-electron chi connectivity index (χ3n) is 8.72. The quantitative estimate of drug-likeness (QED) is 0.177. The standard InChI is InChI=1S/C34H38N4O9S/c1-21-9-3-8-14-29(21)48(44,45)38-32(42)34(31(41)35-16-15-30(39)40)19-23(37-33(43)47-24-10-4-5-11-24)18-28(46-2)26(34)17-22-20-36-27-13-7-6-12-25(22)27/h3,6-9,12-14,18-20,24,26,36H,4-5,10-11,15-17H2,1-2H3,(H,35,41)(H,37,43)(H,38,42)(H,39,40). The zero-order valence-electron chi connectivity index (χ0n) is 26.6. The molecular weight excluding hydrogens is 640 g/mol. The lowest BCUT2D eigenvalue weighted by molar-refractivity contribution is -0.143. The number of H-pyrrole nitrogens is 1. The number of nitrogens with one attached hydrogen (secondary N) is 4. The van der Waals surface area contributed by atoms with Crippen molar-refractivity contribution in [3.8, 4) is 0 Å².